The van der Waals surface area contributed by atoms with Gasteiger partial charge in [0.1, 0.15) is 59.4 Å². The van der Waals surface area contributed by atoms with Crippen molar-refractivity contribution >= 4 is 35.9 Å². The fraction of sp³-hybridized carbons (Fsp3) is 0.264. The van der Waals surface area contributed by atoms with Crippen molar-refractivity contribution in [2.24, 2.45) is 0 Å². The van der Waals surface area contributed by atoms with Crippen molar-refractivity contribution in [1.82, 2.24) is 19.1 Å². The number of rotatable bonds is 20. The summed E-state index contributed by atoms with van der Waals surface area (Å²) in [6.07, 6.45) is -3.97. The highest BCUT2D eigenvalue weighted by Gasteiger charge is 2.46. The van der Waals surface area contributed by atoms with Gasteiger partial charge in [0.2, 0.25) is 0 Å². The van der Waals surface area contributed by atoms with E-state index in [2.05, 4.69) is 15.3 Å². The van der Waals surface area contributed by atoms with Crippen LogP contribution in [-0.4, -0.2) is 86.9 Å². The number of carbonyl (C=O) groups excluding carboxylic acids is 1. The summed E-state index contributed by atoms with van der Waals surface area (Å²) in [5.41, 5.74) is -0.934. The third kappa shape index (κ3) is 11.7. The first-order chi connectivity index (χ1) is 36.6. The number of aryl methyl sites for hydroxylation is 1. The van der Waals surface area contributed by atoms with Crippen molar-refractivity contribution < 1.29 is 52.1 Å². The molecule has 2 fully saturated rings. The van der Waals surface area contributed by atoms with Gasteiger partial charge >= 0.3 is 18.1 Å². The summed E-state index contributed by atoms with van der Waals surface area (Å²) in [5, 5.41) is 25.6. The molecule has 0 saturated carbocycles. The second-order valence-electron chi connectivity index (χ2n) is 17.6. The van der Waals surface area contributed by atoms with Crippen molar-refractivity contribution in [2.75, 3.05) is 32.8 Å². The average Bonchev–Trinajstić information content (AvgIpc) is 4.02. The number of aliphatic hydroxyl groups excluding tert-OH is 1. The number of ether oxygens (including phenoxy) is 5. The molecule has 9 rings (SSSR count). The number of carbonyl (C=O) groups is 1. The third-order valence-electron chi connectivity index (χ3n) is 12.8. The number of methoxy groups -OCH3 is 2. The second kappa shape index (κ2) is 23.1. The van der Waals surface area contributed by atoms with Gasteiger partial charge in [0.25, 0.3) is 17.2 Å². The van der Waals surface area contributed by atoms with Crippen molar-refractivity contribution in [2.45, 2.75) is 62.2 Å². The summed E-state index contributed by atoms with van der Waals surface area (Å²) in [4.78, 5) is 69.4. The summed E-state index contributed by atoms with van der Waals surface area (Å²) in [6.45, 7) is -3.29. The Hall–Kier alpha value is -7.66. The molecular weight excluding hydrogens is 1020 g/mol. The molecule has 3 N–H and O–H groups in total. The van der Waals surface area contributed by atoms with Crippen LogP contribution >= 0.6 is 6.72 Å². The molecule has 2 aromatic heterocycles. The summed E-state index contributed by atoms with van der Waals surface area (Å²) >= 11 is 6.15. The number of nitrogens with zero attached hydrogens (tertiary/aromatic N) is 4. The lowest BCUT2D eigenvalue weighted by Crippen LogP contribution is -2.38. The van der Waals surface area contributed by atoms with Crippen molar-refractivity contribution in [1.29, 1.82) is 0 Å². The van der Waals surface area contributed by atoms with Gasteiger partial charge < -0.3 is 38.6 Å². The summed E-state index contributed by atoms with van der Waals surface area (Å²) in [6, 6.07) is 39.2. The fourth-order valence-electron chi connectivity index (χ4n) is 8.90. The Morgan fingerprint density at radius 1 is 0.803 bits per heavy atom. The predicted octanol–water partition coefficient (Wildman–Crippen LogP) is 6.93. The van der Waals surface area contributed by atoms with E-state index >= 15 is 0 Å². The van der Waals surface area contributed by atoms with Crippen LogP contribution in [0, 0.1) is 17.0 Å². The molecule has 2 aliphatic rings. The van der Waals surface area contributed by atoms with E-state index in [9.17, 15) is 34.4 Å². The van der Waals surface area contributed by atoms with Crippen molar-refractivity contribution in [3.05, 3.63) is 221 Å². The zero-order valence-corrected chi connectivity index (χ0v) is 42.7. The van der Waals surface area contributed by atoms with Gasteiger partial charge in [-0.25, -0.2) is 9.59 Å². The fourth-order valence-corrected chi connectivity index (χ4v) is 11.1. The molecule has 1 amide bonds. The van der Waals surface area contributed by atoms with Gasteiger partial charge in [-0.1, -0.05) is 72.8 Å². The molecule has 0 bridgehead atoms. The van der Waals surface area contributed by atoms with Gasteiger partial charge in [0, 0.05) is 60.3 Å². The van der Waals surface area contributed by atoms with E-state index in [1.807, 2.05) is 78.9 Å². The smallest absolute Gasteiger partial charge is 0.381 e. The highest BCUT2D eigenvalue weighted by atomic mass is 32.5. The van der Waals surface area contributed by atoms with Gasteiger partial charge in [0.05, 0.1) is 38.5 Å². The molecule has 0 aliphatic carbocycles. The number of anilines is 1. The highest BCUT2D eigenvalue weighted by Crippen LogP contribution is 2.54. The SMILES string of the molecule is COc1ccc(C(OC[C@H]2O[C@@H](n3cc(C)c(=O)[nH]c3=O)C[C@@H]2O[P@@](=S)(OC[C@H]2O[C@@H](n3ccc(NC(=O)c4ccccc4)nc3=O)C[C@@H]2O)Oc2ccc([N+](=O)[O-])cc2)(c2ccccc2)c2ccc(OC)cc2)cc1. The molecule has 0 spiro atoms. The number of nitro groups is 1. The minimum atomic E-state index is -4.15. The summed E-state index contributed by atoms with van der Waals surface area (Å²) < 4.78 is 53.0. The van der Waals surface area contributed by atoms with Gasteiger partial charge in [0.15, 0.2) is 0 Å². The number of hydrogen-bond acceptors (Lipinski definition) is 17. The van der Waals surface area contributed by atoms with Crippen LogP contribution in [0.5, 0.6) is 17.2 Å². The minimum Gasteiger partial charge on any atom is -0.497 e. The average molecular weight is 1080 g/mol. The Labute approximate surface area is 438 Å². The summed E-state index contributed by atoms with van der Waals surface area (Å²) in [7, 11) is 3.13. The Morgan fingerprint density at radius 2 is 1.38 bits per heavy atom. The number of nitro benzene ring substituents is 1. The standard InChI is InChI=1S/C53H51N6O15PS/c1-33-30-58(52(64)56-49(33)61)48-29-43(45(72-48)31-69-53(35-12-8-5-9-13-35,36-14-20-39(67-2)21-15-36)37-16-22-40(68-3)23-17-37)74-75(76,73-41-24-18-38(19-25-41)59(65)66)70-32-44-42(60)28-47(71-44)57-27-26-46(55-51(57)63)54-50(62)34-10-6-4-7-11-34/h4-27,30,42-45,47-48,60H,28-29,31-32H2,1-3H3,(H,56,61,64)(H,54,55,62,63)/t42-,43-,44+,45+,47+,48+,75+/m0/s1. The van der Waals surface area contributed by atoms with Crippen LogP contribution in [0.1, 0.15) is 57.9 Å². The molecule has 0 radical (unpaired) electrons. The van der Waals surface area contributed by atoms with Gasteiger partial charge in [-0.15, -0.1) is 0 Å². The molecule has 7 atom stereocenters. The first-order valence-corrected chi connectivity index (χ1v) is 26.3. The van der Waals surface area contributed by atoms with Crippen LogP contribution in [0.25, 0.3) is 0 Å². The van der Waals surface area contributed by atoms with Crippen LogP contribution in [0.15, 0.2) is 166 Å². The number of benzene rings is 5. The van der Waals surface area contributed by atoms with Crippen LogP contribution in [-0.2, 0) is 40.7 Å². The molecule has 21 nitrogen and oxygen atoms in total. The first-order valence-electron chi connectivity index (χ1n) is 23.8. The van der Waals surface area contributed by atoms with Gasteiger partial charge in [-0.3, -0.25) is 42.9 Å². The molecule has 2 saturated heterocycles. The lowest BCUT2D eigenvalue weighted by molar-refractivity contribution is -0.384. The van der Waals surface area contributed by atoms with E-state index in [-0.39, 0.29) is 42.3 Å². The van der Waals surface area contributed by atoms with E-state index in [4.69, 9.17) is 49.1 Å². The summed E-state index contributed by atoms with van der Waals surface area (Å²) in [5.74, 6) is 0.783. The van der Waals surface area contributed by atoms with E-state index in [1.165, 1.54) is 47.3 Å². The maximum atomic E-state index is 13.5. The van der Waals surface area contributed by atoms with E-state index in [0.29, 0.717) is 28.2 Å². The second-order valence-corrected chi connectivity index (χ2v) is 20.5. The zero-order valence-electron chi connectivity index (χ0n) is 41.0. The van der Waals surface area contributed by atoms with Crippen LogP contribution in [0.4, 0.5) is 11.5 Å². The Bertz CT molecular complexity index is 3350. The number of amides is 1. The normalized spacial score (nSPS) is 20.1. The molecule has 0 unspecified atom stereocenters. The predicted molar refractivity (Wildman–Crippen MR) is 279 cm³/mol. The van der Waals surface area contributed by atoms with Crippen molar-refractivity contribution in [3.8, 4) is 17.2 Å². The Morgan fingerprint density at radius 3 is 1.99 bits per heavy atom. The maximum absolute atomic E-state index is 13.5. The number of aromatic amines is 1. The van der Waals surface area contributed by atoms with E-state index < -0.39 is 83.6 Å². The molecule has 5 aromatic carbocycles. The lowest BCUT2D eigenvalue weighted by atomic mass is 9.80. The first kappa shape index (κ1) is 53.2. The highest BCUT2D eigenvalue weighted by molar-refractivity contribution is 8.07. The molecule has 23 heteroatoms. The largest absolute Gasteiger partial charge is 0.497 e. The zero-order chi connectivity index (χ0) is 53.6. The number of aliphatic hydroxyl groups is 1. The van der Waals surface area contributed by atoms with Crippen LogP contribution in [0.3, 0.4) is 0 Å². The molecule has 76 heavy (non-hydrogen) atoms. The minimum absolute atomic E-state index is 0.00406. The van der Waals surface area contributed by atoms with E-state index in [0.717, 1.165) is 10.1 Å². The molecular formula is C53H51N6O15PS. The lowest BCUT2D eigenvalue weighted by Gasteiger charge is -2.37. The molecule has 4 heterocycles. The van der Waals surface area contributed by atoms with E-state index in [1.54, 1.807) is 51.5 Å². The molecule has 2 aliphatic heterocycles. The number of aromatic nitrogens is 4. The molecule has 7 aromatic rings. The number of non-ortho nitro benzene ring substituents is 1. The number of hydrogen-bond donors (Lipinski definition) is 3. The topological polar surface area (TPSA) is 256 Å². The number of H-pyrrole nitrogens is 1. The monoisotopic (exact) mass is 1070 g/mol. The third-order valence-corrected chi connectivity index (χ3v) is 15.0. The maximum Gasteiger partial charge on any atom is 0.381 e. The van der Waals surface area contributed by atoms with Gasteiger partial charge in [-0.2, -0.15) is 4.98 Å². The quantitative estimate of drug-likeness (QED) is 0.0303. The Kier molecular flexibility index (Phi) is 16.1. The van der Waals surface area contributed by atoms with Crippen LogP contribution < -0.4 is 36.3 Å². The molecule has 394 valence electrons. The van der Waals surface area contributed by atoms with Crippen LogP contribution in [0.2, 0.25) is 0 Å². The van der Waals surface area contributed by atoms with Crippen molar-refractivity contribution in [3.63, 3.8) is 0 Å². The van der Waals surface area contributed by atoms with Gasteiger partial charge in [-0.05, 0) is 78.2 Å². The Balaban J connectivity index is 1.03. The number of nitrogens with one attached hydrogen (secondary N) is 2.